The number of halogens is 1. The van der Waals surface area contributed by atoms with Gasteiger partial charge in [-0.25, -0.2) is 9.18 Å². The number of hydrogen-bond donors (Lipinski definition) is 3. The average molecular weight is 288 g/mol. The molecule has 7 heteroatoms. The van der Waals surface area contributed by atoms with Gasteiger partial charge in [-0.2, -0.15) is 0 Å². The third kappa shape index (κ3) is 7.65. The SMILES string of the molecule is CC(C)(C)OC(=O)NCC(O)c1ccc(F)cn1.CO. The van der Waals surface area contributed by atoms with Crippen LogP contribution in [-0.2, 0) is 4.74 Å². The molecule has 0 bridgehead atoms. The van der Waals surface area contributed by atoms with Crippen molar-refractivity contribution in [3.8, 4) is 0 Å². The van der Waals surface area contributed by atoms with Crippen LogP contribution in [0.4, 0.5) is 9.18 Å². The van der Waals surface area contributed by atoms with Crippen molar-refractivity contribution in [1.82, 2.24) is 10.3 Å². The molecule has 0 fully saturated rings. The van der Waals surface area contributed by atoms with Crippen LogP contribution in [-0.4, -0.2) is 40.5 Å². The second-order valence-electron chi connectivity index (χ2n) is 4.80. The summed E-state index contributed by atoms with van der Waals surface area (Å²) in [6, 6.07) is 2.55. The van der Waals surface area contributed by atoms with Gasteiger partial charge in [0.2, 0.25) is 0 Å². The average Bonchev–Trinajstić information content (AvgIpc) is 2.37. The summed E-state index contributed by atoms with van der Waals surface area (Å²) in [5.74, 6) is -0.481. The van der Waals surface area contributed by atoms with E-state index in [0.29, 0.717) is 0 Å². The highest BCUT2D eigenvalue weighted by molar-refractivity contribution is 5.67. The zero-order valence-electron chi connectivity index (χ0n) is 12.1. The highest BCUT2D eigenvalue weighted by Crippen LogP contribution is 2.10. The number of nitrogens with zero attached hydrogens (tertiary/aromatic N) is 1. The lowest BCUT2D eigenvalue weighted by molar-refractivity contribution is 0.0490. The van der Waals surface area contributed by atoms with E-state index in [1.54, 1.807) is 20.8 Å². The molecule has 0 radical (unpaired) electrons. The van der Waals surface area contributed by atoms with Gasteiger partial charge in [-0.3, -0.25) is 4.98 Å². The minimum atomic E-state index is -1.00. The van der Waals surface area contributed by atoms with Gasteiger partial charge in [-0.15, -0.1) is 0 Å². The van der Waals surface area contributed by atoms with Gasteiger partial charge in [-0.1, -0.05) is 0 Å². The number of alkyl carbamates (subject to hydrolysis) is 1. The highest BCUT2D eigenvalue weighted by Gasteiger charge is 2.17. The van der Waals surface area contributed by atoms with Gasteiger partial charge in [0.05, 0.1) is 18.4 Å². The number of carbonyl (C=O) groups is 1. The van der Waals surface area contributed by atoms with Crippen LogP contribution in [0.25, 0.3) is 0 Å². The topological polar surface area (TPSA) is 91.7 Å². The maximum atomic E-state index is 12.6. The van der Waals surface area contributed by atoms with Crippen LogP contribution < -0.4 is 5.32 Å². The van der Waals surface area contributed by atoms with Gasteiger partial charge in [0.15, 0.2) is 0 Å². The van der Waals surface area contributed by atoms with Crippen molar-refractivity contribution in [2.75, 3.05) is 13.7 Å². The van der Waals surface area contributed by atoms with Crippen molar-refractivity contribution < 1.29 is 24.1 Å². The normalized spacial score (nSPS) is 11.9. The molecule has 0 aliphatic heterocycles. The first-order valence-corrected chi connectivity index (χ1v) is 5.99. The molecule has 20 heavy (non-hydrogen) atoms. The van der Waals surface area contributed by atoms with Crippen molar-refractivity contribution in [1.29, 1.82) is 0 Å². The molecule has 0 saturated carbocycles. The first-order chi connectivity index (χ1) is 9.28. The number of nitrogens with one attached hydrogen (secondary N) is 1. The Kier molecular flexibility index (Phi) is 7.71. The fraction of sp³-hybridized carbons (Fsp3) is 0.538. The fourth-order valence-corrected chi connectivity index (χ4v) is 1.18. The number of aliphatic hydroxyl groups excluding tert-OH is 2. The Balaban J connectivity index is 0.00000172. The Morgan fingerprint density at radius 3 is 2.50 bits per heavy atom. The van der Waals surface area contributed by atoms with Crippen LogP contribution >= 0.6 is 0 Å². The number of aliphatic hydroxyl groups is 2. The summed E-state index contributed by atoms with van der Waals surface area (Å²) in [6.07, 6.45) is -0.617. The van der Waals surface area contributed by atoms with Crippen molar-refractivity contribution in [2.45, 2.75) is 32.5 Å². The van der Waals surface area contributed by atoms with Gasteiger partial charge < -0.3 is 20.3 Å². The molecule has 1 heterocycles. The summed E-state index contributed by atoms with van der Waals surface area (Å²) in [6.45, 7) is 5.17. The van der Waals surface area contributed by atoms with Crippen LogP contribution in [0.1, 0.15) is 32.6 Å². The largest absolute Gasteiger partial charge is 0.444 e. The Hall–Kier alpha value is -1.73. The quantitative estimate of drug-likeness (QED) is 0.781. The molecule has 0 saturated heterocycles. The maximum Gasteiger partial charge on any atom is 0.407 e. The molecule has 1 atom stereocenters. The van der Waals surface area contributed by atoms with E-state index in [9.17, 15) is 14.3 Å². The predicted molar refractivity (Wildman–Crippen MR) is 71.5 cm³/mol. The molecular weight excluding hydrogens is 267 g/mol. The third-order valence-corrected chi connectivity index (χ3v) is 1.93. The van der Waals surface area contributed by atoms with E-state index in [4.69, 9.17) is 9.84 Å². The molecule has 6 nitrogen and oxygen atoms in total. The summed E-state index contributed by atoms with van der Waals surface area (Å²) in [7, 11) is 1.00. The van der Waals surface area contributed by atoms with Crippen LogP contribution in [0.2, 0.25) is 0 Å². The standard InChI is InChI=1S/C12H17FN2O3.CH4O/c1-12(2,3)18-11(17)15-7-10(16)9-5-4-8(13)6-14-9;1-2/h4-6,10,16H,7H2,1-3H3,(H,15,17);2H,1H3. The lowest BCUT2D eigenvalue weighted by Gasteiger charge is -2.20. The zero-order valence-corrected chi connectivity index (χ0v) is 12.1. The van der Waals surface area contributed by atoms with E-state index in [2.05, 4.69) is 10.3 Å². The highest BCUT2D eigenvalue weighted by atomic mass is 19.1. The summed E-state index contributed by atoms with van der Waals surface area (Å²) in [5.41, 5.74) is -0.309. The Labute approximate surface area is 117 Å². The predicted octanol–water partition coefficient (Wildman–Crippen LogP) is 1.39. The number of hydrogen-bond acceptors (Lipinski definition) is 5. The Bertz CT molecular complexity index is 404. The molecular formula is C13H21FN2O4. The van der Waals surface area contributed by atoms with Gasteiger partial charge in [0.1, 0.15) is 17.5 Å². The van der Waals surface area contributed by atoms with Crippen molar-refractivity contribution in [3.05, 3.63) is 29.8 Å². The minimum absolute atomic E-state index is 0.0481. The summed E-state index contributed by atoms with van der Waals surface area (Å²) >= 11 is 0. The molecule has 0 spiro atoms. The minimum Gasteiger partial charge on any atom is -0.444 e. The summed E-state index contributed by atoms with van der Waals surface area (Å²) in [4.78, 5) is 15.0. The van der Waals surface area contributed by atoms with Gasteiger partial charge in [0, 0.05) is 7.11 Å². The number of rotatable bonds is 3. The van der Waals surface area contributed by atoms with Crippen LogP contribution in [0.3, 0.4) is 0 Å². The number of pyridine rings is 1. The second kappa shape index (κ2) is 8.44. The first kappa shape index (κ1) is 18.3. The lowest BCUT2D eigenvalue weighted by Crippen LogP contribution is -2.34. The molecule has 0 aromatic carbocycles. The third-order valence-electron chi connectivity index (χ3n) is 1.93. The number of ether oxygens (including phenoxy) is 1. The maximum absolute atomic E-state index is 12.6. The van der Waals surface area contributed by atoms with E-state index in [1.807, 2.05) is 0 Å². The van der Waals surface area contributed by atoms with Crippen molar-refractivity contribution >= 4 is 6.09 Å². The summed E-state index contributed by atoms with van der Waals surface area (Å²) in [5, 5.41) is 19.1. The molecule has 3 N–H and O–H groups in total. The van der Waals surface area contributed by atoms with E-state index in [0.717, 1.165) is 13.3 Å². The second-order valence-corrected chi connectivity index (χ2v) is 4.80. The molecule has 0 aliphatic rings. The monoisotopic (exact) mass is 288 g/mol. The van der Waals surface area contributed by atoms with Crippen molar-refractivity contribution in [3.63, 3.8) is 0 Å². The molecule has 114 valence electrons. The van der Waals surface area contributed by atoms with Crippen molar-refractivity contribution in [2.24, 2.45) is 0 Å². The molecule has 1 rings (SSSR count). The van der Waals surface area contributed by atoms with E-state index < -0.39 is 23.6 Å². The number of amides is 1. The van der Waals surface area contributed by atoms with Gasteiger partial charge in [0.25, 0.3) is 0 Å². The molecule has 1 aromatic rings. The molecule has 1 unspecified atom stereocenters. The first-order valence-electron chi connectivity index (χ1n) is 5.99. The van der Waals surface area contributed by atoms with E-state index in [1.165, 1.54) is 12.1 Å². The van der Waals surface area contributed by atoms with E-state index >= 15 is 0 Å². The van der Waals surface area contributed by atoms with Crippen LogP contribution in [0, 0.1) is 5.82 Å². The Morgan fingerprint density at radius 1 is 1.45 bits per heavy atom. The Morgan fingerprint density at radius 2 is 2.05 bits per heavy atom. The zero-order chi connectivity index (χ0) is 15.8. The number of carbonyl (C=O) groups excluding carboxylic acids is 1. The van der Waals surface area contributed by atoms with Gasteiger partial charge >= 0.3 is 6.09 Å². The van der Waals surface area contributed by atoms with Crippen LogP contribution in [0.15, 0.2) is 18.3 Å². The smallest absolute Gasteiger partial charge is 0.407 e. The molecule has 1 amide bonds. The number of aromatic nitrogens is 1. The molecule has 0 aliphatic carbocycles. The summed E-state index contributed by atoms with van der Waals surface area (Å²) < 4.78 is 17.6. The lowest BCUT2D eigenvalue weighted by atomic mass is 10.2. The van der Waals surface area contributed by atoms with E-state index in [-0.39, 0.29) is 12.2 Å². The van der Waals surface area contributed by atoms with Crippen LogP contribution in [0.5, 0.6) is 0 Å². The fourth-order valence-electron chi connectivity index (χ4n) is 1.18. The molecule has 1 aromatic heterocycles. The van der Waals surface area contributed by atoms with Gasteiger partial charge in [-0.05, 0) is 32.9 Å².